The fraction of sp³-hybridized carbons (Fsp3) is 0.303. The van der Waals surface area contributed by atoms with Gasteiger partial charge in [0.2, 0.25) is 11.8 Å². The molecular weight excluding hydrogens is 682 g/mol. The Labute approximate surface area is 268 Å². The number of aliphatic hydroxyl groups is 2. The molecule has 2 amide bonds. The minimum atomic E-state index is -1.28. The molecule has 3 N–H and O–H groups in total. The van der Waals surface area contributed by atoms with Gasteiger partial charge in [-0.25, -0.2) is 4.39 Å². The molecule has 0 spiro atoms. The quantitative estimate of drug-likeness (QED) is 0.183. The fourth-order valence-corrected chi connectivity index (χ4v) is 5.88. The van der Waals surface area contributed by atoms with Gasteiger partial charge in [-0.05, 0) is 70.5 Å². The SMILES string of the molecule is COc1cc(C=O)cc(I)c1OC1C=C(C(=O)NCCO)CC(N(CCc2cccc(F)c2)C(=O)Cc2ccccc2)C1O. The third-order valence-electron chi connectivity index (χ3n) is 7.31. The largest absolute Gasteiger partial charge is 0.493 e. The molecule has 0 aliphatic heterocycles. The average molecular weight is 717 g/mol. The lowest BCUT2D eigenvalue weighted by atomic mass is 9.87. The Balaban J connectivity index is 1.71. The third-order valence-corrected chi connectivity index (χ3v) is 8.11. The van der Waals surface area contributed by atoms with Gasteiger partial charge < -0.3 is 29.9 Å². The van der Waals surface area contributed by atoms with Crippen LogP contribution in [0.25, 0.3) is 0 Å². The van der Waals surface area contributed by atoms with Crippen LogP contribution in [-0.4, -0.2) is 78.3 Å². The van der Waals surface area contributed by atoms with Crippen molar-refractivity contribution in [2.24, 2.45) is 0 Å². The summed E-state index contributed by atoms with van der Waals surface area (Å²) in [6, 6.07) is 17.5. The maximum Gasteiger partial charge on any atom is 0.247 e. The standard InChI is InChI=1S/C33H34FIN2O7/c1-43-29-16-23(20-39)15-26(35)32(29)44-28-19-24(33(42)36-11-13-38)18-27(31(28)41)37(12-10-22-8-5-9-25(34)14-22)30(40)17-21-6-3-2-4-7-21/h2-9,14-16,19-20,27-28,31,38,41H,10-13,17-18H2,1H3,(H,36,42). The summed E-state index contributed by atoms with van der Waals surface area (Å²) >= 11 is 1.99. The highest BCUT2D eigenvalue weighted by Gasteiger charge is 2.40. The highest BCUT2D eigenvalue weighted by Crippen LogP contribution is 2.37. The first kappa shape index (κ1) is 33.1. The maximum absolute atomic E-state index is 14.0. The number of benzene rings is 3. The Morgan fingerprint density at radius 2 is 1.86 bits per heavy atom. The molecule has 3 aromatic carbocycles. The zero-order valence-corrected chi connectivity index (χ0v) is 26.3. The first-order chi connectivity index (χ1) is 21.2. The van der Waals surface area contributed by atoms with Gasteiger partial charge in [-0.2, -0.15) is 0 Å². The van der Waals surface area contributed by atoms with Crippen LogP contribution >= 0.6 is 22.6 Å². The van der Waals surface area contributed by atoms with Gasteiger partial charge >= 0.3 is 0 Å². The van der Waals surface area contributed by atoms with E-state index < -0.39 is 30.0 Å². The van der Waals surface area contributed by atoms with E-state index in [1.54, 1.807) is 18.2 Å². The summed E-state index contributed by atoms with van der Waals surface area (Å²) in [6.07, 6.45) is 0.189. The van der Waals surface area contributed by atoms with Gasteiger partial charge in [0.1, 0.15) is 24.3 Å². The summed E-state index contributed by atoms with van der Waals surface area (Å²) in [6.45, 7) is -0.104. The smallest absolute Gasteiger partial charge is 0.247 e. The van der Waals surface area contributed by atoms with Crippen LogP contribution in [0.5, 0.6) is 11.5 Å². The summed E-state index contributed by atoms with van der Waals surface area (Å²) in [5.41, 5.74) is 2.08. The summed E-state index contributed by atoms with van der Waals surface area (Å²) in [5, 5.41) is 23.7. The Morgan fingerprint density at radius 3 is 2.55 bits per heavy atom. The van der Waals surface area contributed by atoms with E-state index in [1.165, 1.54) is 36.3 Å². The molecule has 0 bridgehead atoms. The van der Waals surface area contributed by atoms with Crippen molar-refractivity contribution in [3.05, 3.63) is 104 Å². The summed E-state index contributed by atoms with van der Waals surface area (Å²) in [4.78, 5) is 40.0. The van der Waals surface area contributed by atoms with Gasteiger partial charge in [-0.15, -0.1) is 0 Å². The maximum atomic E-state index is 14.0. The van der Waals surface area contributed by atoms with Crippen molar-refractivity contribution in [2.45, 2.75) is 37.5 Å². The first-order valence-corrected chi connectivity index (χ1v) is 15.2. The molecule has 3 unspecified atom stereocenters. The molecule has 11 heteroatoms. The summed E-state index contributed by atoms with van der Waals surface area (Å²) < 4.78 is 26.2. The number of aldehydes is 1. The van der Waals surface area contributed by atoms with Crippen LogP contribution in [0.3, 0.4) is 0 Å². The Morgan fingerprint density at radius 1 is 1.11 bits per heavy atom. The molecule has 0 saturated carbocycles. The lowest BCUT2D eigenvalue weighted by Gasteiger charge is -2.41. The van der Waals surface area contributed by atoms with Crippen LogP contribution in [0, 0.1) is 9.39 Å². The second-order valence-corrected chi connectivity index (χ2v) is 11.5. The number of nitrogens with zero attached hydrogens (tertiary/aromatic N) is 1. The Kier molecular flexibility index (Phi) is 11.9. The molecule has 1 aliphatic carbocycles. The number of rotatable bonds is 13. The van der Waals surface area contributed by atoms with Crippen molar-refractivity contribution in [1.29, 1.82) is 0 Å². The molecule has 4 rings (SSSR count). The Bertz CT molecular complexity index is 1500. The molecule has 44 heavy (non-hydrogen) atoms. The third kappa shape index (κ3) is 8.42. The molecule has 3 aromatic rings. The highest BCUT2D eigenvalue weighted by molar-refractivity contribution is 14.1. The van der Waals surface area contributed by atoms with E-state index in [2.05, 4.69) is 5.32 Å². The predicted molar refractivity (Wildman–Crippen MR) is 170 cm³/mol. The van der Waals surface area contributed by atoms with Gasteiger partial charge in [0.05, 0.1) is 29.7 Å². The van der Waals surface area contributed by atoms with Crippen molar-refractivity contribution < 1.29 is 38.5 Å². The zero-order chi connectivity index (χ0) is 31.6. The van der Waals surface area contributed by atoms with E-state index in [1.807, 2.05) is 52.9 Å². The number of amides is 2. The van der Waals surface area contributed by atoms with E-state index in [-0.39, 0.29) is 55.5 Å². The van der Waals surface area contributed by atoms with Crippen LogP contribution in [0.1, 0.15) is 27.9 Å². The monoisotopic (exact) mass is 716 g/mol. The molecule has 0 saturated heterocycles. The predicted octanol–water partition coefficient (Wildman–Crippen LogP) is 3.48. The number of nitrogens with one attached hydrogen (secondary N) is 1. The second-order valence-electron chi connectivity index (χ2n) is 10.3. The molecule has 0 heterocycles. The summed E-state index contributed by atoms with van der Waals surface area (Å²) in [7, 11) is 1.42. The first-order valence-electron chi connectivity index (χ1n) is 14.1. The van der Waals surface area contributed by atoms with Crippen LogP contribution in [-0.2, 0) is 22.4 Å². The van der Waals surface area contributed by atoms with Gasteiger partial charge in [0.25, 0.3) is 0 Å². The topological polar surface area (TPSA) is 125 Å². The van der Waals surface area contributed by atoms with Crippen molar-refractivity contribution in [3.63, 3.8) is 0 Å². The Hall–Kier alpha value is -3.81. The molecule has 1 aliphatic rings. The van der Waals surface area contributed by atoms with E-state index in [4.69, 9.17) is 9.47 Å². The number of aliphatic hydroxyl groups excluding tert-OH is 2. The summed E-state index contributed by atoms with van der Waals surface area (Å²) in [5.74, 6) is -0.628. The molecular formula is C33H34FIN2O7. The van der Waals surface area contributed by atoms with E-state index >= 15 is 0 Å². The van der Waals surface area contributed by atoms with Gasteiger partial charge in [0, 0.05) is 30.6 Å². The minimum Gasteiger partial charge on any atom is -0.493 e. The van der Waals surface area contributed by atoms with Crippen molar-refractivity contribution >= 4 is 40.7 Å². The van der Waals surface area contributed by atoms with E-state index in [0.717, 1.165) is 5.56 Å². The number of halogens is 2. The molecule has 0 aromatic heterocycles. The van der Waals surface area contributed by atoms with Gasteiger partial charge in [-0.3, -0.25) is 14.4 Å². The molecule has 0 fully saturated rings. The average Bonchev–Trinajstić information content (AvgIpc) is 3.02. The van der Waals surface area contributed by atoms with Crippen LogP contribution in [0.15, 0.2) is 78.4 Å². The van der Waals surface area contributed by atoms with Gasteiger partial charge in [0.15, 0.2) is 11.5 Å². The number of carbonyl (C=O) groups excluding carboxylic acids is 3. The molecule has 3 atom stereocenters. The van der Waals surface area contributed by atoms with Crippen LogP contribution in [0.2, 0.25) is 0 Å². The number of hydrogen-bond donors (Lipinski definition) is 3. The number of carbonyl (C=O) groups is 3. The zero-order valence-electron chi connectivity index (χ0n) is 24.1. The highest BCUT2D eigenvalue weighted by atomic mass is 127. The second kappa shape index (κ2) is 15.8. The van der Waals surface area contributed by atoms with Crippen molar-refractivity contribution in [3.8, 4) is 11.5 Å². The fourth-order valence-electron chi connectivity index (χ4n) is 5.13. The molecule has 9 nitrogen and oxygen atoms in total. The molecule has 232 valence electrons. The van der Waals surface area contributed by atoms with Crippen LogP contribution in [0.4, 0.5) is 4.39 Å². The van der Waals surface area contributed by atoms with Crippen LogP contribution < -0.4 is 14.8 Å². The lowest BCUT2D eigenvalue weighted by molar-refractivity contribution is -0.137. The normalized spacial score (nSPS) is 17.8. The van der Waals surface area contributed by atoms with Gasteiger partial charge in [-0.1, -0.05) is 42.5 Å². The van der Waals surface area contributed by atoms with Crippen molar-refractivity contribution in [1.82, 2.24) is 10.2 Å². The van der Waals surface area contributed by atoms with Crippen molar-refractivity contribution in [2.75, 3.05) is 26.8 Å². The number of methoxy groups -OCH3 is 1. The van der Waals surface area contributed by atoms with E-state index in [0.29, 0.717) is 27.4 Å². The number of hydrogen-bond acceptors (Lipinski definition) is 7. The lowest BCUT2D eigenvalue weighted by Crippen LogP contribution is -2.56. The van der Waals surface area contributed by atoms with E-state index in [9.17, 15) is 29.0 Å². The number of ether oxygens (including phenoxy) is 2. The minimum absolute atomic E-state index is 0.0142. The molecule has 0 radical (unpaired) electrons.